The van der Waals surface area contributed by atoms with Crippen molar-refractivity contribution in [1.29, 1.82) is 0 Å². The van der Waals surface area contributed by atoms with Crippen LogP contribution >= 0.6 is 0 Å². The van der Waals surface area contributed by atoms with Gasteiger partial charge in [0, 0.05) is 18.2 Å². The molecule has 0 aromatic heterocycles. The SMILES string of the molecule is CCOc1ccc(/C(O)=C2\C(=O)C(=O)N(c3ccc(CC)cc3)C2c2cccc(OC(C)=O)c2)cc1C(C)C. The summed E-state index contributed by atoms with van der Waals surface area (Å²) in [6, 6.07) is 18.3. The van der Waals surface area contributed by atoms with Crippen LogP contribution < -0.4 is 14.4 Å². The van der Waals surface area contributed by atoms with Crippen LogP contribution in [0.3, 0.4) is 0 Å². The van der Waals surface area contributed by atoms with E-state index in [-0.39, 0.29) is 23.0 Å². The van der Waals surface area contributed by atoms with Gasteiger partial charge >= 0.3 is 5.97 Å². The molecule has 0 radical (unpaired) electrons. The zero-order chi connectivity index (χ0) is 28.3. The van der Waals surface area contributed by atoms with Crippen molar-refractivity contribution >= 4 is 29.1 Å². The number of aryl methyl sites for hydroxylation is 1. The van der Waals surface area contributed by atoms with Gasteiger partial charge in [0.2, 0.25) is 0 Å². The second-order valence-electron chi connectivity index (χ2n) is 9.70. The number of ketones is 1. The van der Waals surface area contributed by atoms with Gasteiger partial charge in [0.05, 0.1) is 18.2 Å². The van der Waals surface area contributed by atoms with Gasteiger partial charge in [-0.05, 0) is 78.4 Å². The third kappa shape index (κ3) is 5.58. The molecule has 1 heterocycles. The van der Waals surface area contributed by atoms with Crippen LogP contribution in [0.1, 0.15) is 68.8 Å². The van der Waals surface area contributed by atoms with Crippen LogP contribution in [-0.4, -0.2) is 29.4 Å². The summed E-state index contributed by atoms with van der Waals surface area (Å²) in [6.45, 7) is 9.75. The molecule has 3 aromatic rings. The summed E-state index contributed by atoms with van der Waals surface area (Å²) < 4.78 is 11.0. The van der Waals surface area contributed by atoms with Crippen LogP contribution in [0.2, 0.25) is 0 Å². The molecule has 1 amide bonds. The number of aliphatic hydroxyl groups excluding tert-OH is 1. The molecule has 39 heavy (non-hydrogen) atoms. The molecule has 0 bridgehead atoms. The zero-order valence-corrected chi connectivity index (χ0v) is 22.9. The topological polar surface area (TPSA) is 93.1 Å². The molecule has 0 aliphatic carbocycles. The van der Waals surface area contributed by atoms with E-state index in [9.17, 15) is 19.5 Å². The van der Waals surface area contributed by atoms with Gasteiger partial charge in [0.1, 0.15) is 17.3 Å². The Bertz CT molecular complexity index is 1440. The fourth-order valence-corrected chi connectivity index (χ4v) is 4.81. The fourth-order valence-electron chi connectivity index (χ4n) is 4.81. The molecule has 3 aromatic carbocycles. The predicted molar refractivity (Wildman–Crippen MR) is 150 cm³/mol. The number of aliphatic hydroxyl groups is 1. The summed E-state index contributed by atoms with van der Waals surface area (Å²) in [7, 11) is 0. The van der Waals surface area contributed by atoms with Gasteiger partial charge in [-0.3, -0.25) is 19.3 Å². The minimum Gasteiger partial charge on any atom is -0.507 e. The number of ether oxygens (including phenoxy) is 2. The largest absolute Gasteiger partial charge is 0.507 e. The average Bonchev–Trinajstić information content (AvgIpc) is 3.18. The third-order valence-corrected chi connectivity index (χ3v) is 6.71. The Balaban J connectivity index is 1.93. The third-order valence-electron chi connectivity index (χ3n) is 6.71. The number of hydrogen-bond acceptors (Lipinski definition) is 6. The fraction of sp³-hybridized carbons (Fsp3) is 0.281. The number of esters is 1. The highest BCUT2D eigenvalue weighted by molar-refractivity contribution is 6.51. The molecule has 1 unspecified atom stereocenters. The first-order chi connectivity index (χ1) is 18.7. The lowest BCUT2D eigenvalue weighted by atomic mass is 9.93. The Hall–Kier alpha value is -4.39. The number of Topliss-reactive ketones (excluding diaryl/α,β-unsaturated/α-hetero) is 1. The van der Waals surface area contributed by atoms with Crippen LogP contribution in [0.15, 0.2) is 72.3 Å². The lowest BCUT2D eigenvalue weighted by Gasteiger charge is -2.26. The molecule has 0 saturated carbocycles. The van der Waals surface area contributed by atoms with E-state index in [1.165, 1.54) is 11.8 Å². The molecule has 1 atom stereocenters. The van der Waals surface area contributed by atoms with Crippen molar-refractivity contribution in [3.05, 3.63) is 94.6 Å². The number of carbonyl (C=O) groups excluding carboxylic acids is 3. The lowest BCUT2D eigenvalue weighted by Crippen LogP contribution is -2.29. The van der Waals surface area contributed by atoms with Gasteiger partial charge in [-0.1, -0.05) is 45.0 Å². The molecule has 1 aliphatic rings. The molecule has 7 nitrogen and oxygen atoms in total. The van der Waals surface area contributed by atoms with Crippen molar-refractivity contribution in [3.8, 4) is 11.5 Å². The van der Waals surface area contributed by atoms with Gasteiger partial charge < -0.3 is 14.6 Å². The van der Waals surface area contributed by atoms with Crippen molar-refractivity contribution in [2.24, 2.45) is 0 Å². The summed E-state index contributed by atoms with van der Waals surface area (Å²) >= 11 is 0. The minimum atomic E-state index is -0.943. The Morgan fingerprint density at radius 1 is 1.00 bits per heavy atom. The molecule has 7 heteroatoms. The Morgan fingerprint density at radius 3 is 2.33 bits per heavy atom. The molecule has 1 saturated heterocycles. The van der Waals surface area contributed by atoms with Gasteiger partial charge in [-0.2, -0.15) is 0 Å². The van der Waals surface area contributed by atoms with Crippen molar-refractivity contribution < 1.29 is 29.0 Å². The number of benzene rings is 3. The first kappa shape index (κ1) is 27.6. The van der Waals surface area contributed by atoms with Crippen molar-refractivity contribution in [2.45, 2.75) is 53.0 Å². The van der Waals surface area contributed by atoms with Gasteiger partial charge in [-0.15, -0.1) is 0 Å². The van der Waals surface area contributed by atoms with E-state index in [2.05, 4.69) is 0 Å². The standard InChI is InChI=1S/C32H33NO6/c1-6-21-11-14-24(15-12-21)33-29(22-9-8-10-25(17-22)39-20(5)34)28(31(36)32(33)37)30(35)23-13-16-27(38-7-2)26(18-23)19(3)4/h8-19,29,35H,6-7H2,1-5H3/b30-28+. The number of carbonyl (C=O) groups is 3. The van der Waals surface area contributed by atoms with E-state index in [0.717, 1.165) is 17.5 Å². The maximum Gasteiger partial charge on any atom is 0.308 e. The zero-order valence-electron chi connectivity index (χ0n) is 22.9. The number of anilines is 1. The Morgan fingerprint density at radius 2 is 1.72 bits per heavy atom. The Kier molecular flexibility index (Phi) is 8.19. The van der Waals surface area contributed by atoms with Crippen LogP contribution in [-0.2, 0) is 20.8 Å². The Labute approximate surface area is 228 Å². The van der Waals surface area contributed by atoms with Crippen LogP contribution in [0, 0.1) is 0 Å². The van der Waals surface area contributed by atoms with Gasteiger partial charge in [-0.25, -0.2) is 0 Å². The molecular weight excluding hydrogens is 494 g/mol. The van der Waals surface area contributed by atoms with E-state index >= 15 is 0 Å². The summed E-state index contributed by atoms with van der Waals surface area (Å²) in [5, 5.41) is 11.6. The molecule has 0 spiro atoms. The average molecular weight is 528 g/mol. The summed E-state index contributed by atoms with van der Waals surface area (Å²) in [6.07, 6.45) is 0.822. The van der Waals surface area contributed by atoms with E-state index in [0.29, 0.717) is 29.2 Å². The first-order valence-electron chi connectivity index (χ1n) is 13.1. The maximum atomic E-state index is 13.5. The van der Waals surface area contributed by atoms with Crippen LogP contribution in [0.25, 0.3) is 5.76 Å². The van der Waals surface area contributed by atoms with Gasteiger partial charge in [0.25, 0.3) is 11.7 Å². The van der Waals surface area contributed by atoms with E-state index < -0.39 is 23.7 Å². The molecule has 4 rings (SSSR count). The number of rotatable bonds is 8. The number of amides is 1. The highest BCUT2D eigenvalue weighted by Crippen LogP contribution is 2.43. The van der Waals surface area contributed by atoms with Crippen molar-refractivity contribution in [1.82, 2.24) is 0 Å². The smallest absolute Gasteiger partial charge is 0.308 e. The summed E-state index contributed by atoms with van der Waals surface area (Å²) in [5.74, 6) is -1.26. The predicted octanol–water partition coefficient (Wildman–Crippen LogP) is 6.32. The second-order valence-corrected chi connectivity index (χ2v) is 9.70. The highest BCUT2D eigenvalue weighted by atomic mass is 16.5. The minimum absolute atomic E-state index is 0.0431. The molecule has 202 valence electrons. The van der Waals surface area contributed by atoms with Crippen LogP contribution in [0.4, 0.5) is 5.69 Å². The number of nitrogens with zero attached hydrogens (tertiary/aromatic N) is 1. The molecule has 1 fully saturated rings. The second kappa shape index (κ2) is 11.6. The quantitative estimate of drug-likeness (QED) is 0.121. The molecular formula is C32H33NO6. The normalized spacial score (nSPS) is 16.6. The first-order valence-corrected chi connectivity index (χ1v) is 13.1. The summed E-state index contributed by atoms with van der Waals surface area (Å²) in [5.41, 5.74) is 3.36. The molecule has 1 aliphatic heterocycles. The monoisotopic (exact) mass is 527 g/mol. The van der Waals surface area contributed by atoms with E-state index in [1.54, 1.807) is 54.6 Å². The van der Waals surface area contributed by atoms with E-state index in [4.69, 9.17) is 9.47 Å². The van der Waals surface area contributed by atoms with Crippen molar-refractivity contribution in [3.63, 3.8) is 0 Å². The summed E-state index contributed by atoms with van der Waals surface area (Å²) in [4.78, 5) is 40.0. The number of hydrogen-bond donors (Lipinski definition) is 1. The highest BCUT2D eigenvalue weighted by Gasteiger charge is 2.47. The van der Waals surface area contributed by atoms with Crippen LogP contribution in [0.5, 0.6) is 11.5 Å². The van der Waals surface area contributed by atoms with Crippen molar-refractivity contribution in [2.75, 3.05) is 11.5 Å². The maximum absolute atomic E-state index is 13.5. The lowest BCUT2D eigenvalue weighted by molar-refractivity contribution is -0.132. The van der Waals surface area contributed by atoms with E-state index in [1.807, 2.05) is 39.8 Å². The van der Waals surface area contributed by atoms with Gasteiger partial charge in [0.15, 0.2) is 0 Å². The molecule has 1 N–H and O–H groups in total.